The number of hydrogen-bond acceptors (Lipinski definition) is 3. The first kappa shape index (κ1) is 15.3. The monoisotopic (exact) mass is 299 g/mol. The van der Waals surface area contributed by atoms with Gasteiger partial charge in [-0.1, -0.05) is 17.9 Å². The topological polar surface area (TPSA) is 49.3 Å². The highest BCUT2D eigenvalue weighted by molar-refractivity contribution is 7.11. The minimum absolute atomic E-state index is 0.150. The lowest BCUT2D eigenvalue weighted by Gasteiger charge is -2.07. The number of carbonyl (C=O) groups is 1. The number of benzene rings is 1. The SMILES string of the molecule is Cc1ccc(C(=O)NCc2ccc(C)s2)c(C#CCO)c1. The standard InChI is InChI=1S/C17H17NO2S/c1-12-5-8-16(14(10-12)4-3-9-19)17(20)18-11-15-7-6-13(2)21-15/h5-8,10,19H,9,11H2,1-2H3,(H,18,20). The van der Waals surface area contributed by atoms with E-state index in [2.05, 4.69) is 17.2 Å². The van der Waals surface area contributed by atoms with Gasteiger partial charge in [0.1, 0.15) is 6.61 Å². The molecule has 0 bridgehead atoms. The molecule has 2 rings (SSSR count). The van der Waals surface area contributed by atoms with E-state index < -0.39 is 0 Å². The Kier molecular flexibility index (Phi) is 5.15. The van der Waals surface area contributed by atoms with Gasteiger partial charge >= 0.3 is 0 Å². The van der Waals surface area contributed by atoms with E-state index in [1.54, 1.807) is 17.4 Å². The quantitative estimate of drug-likeness (QED) is 0.856. The summed E-state index contributed by atoms with van der Waals surface area (Å²) in [6.07, 6.45) is 0. The van der Waals surface area contributed by atoms with E-state index in [1.807, 2.05) is 38.1 Å². The molecule has 0 aliphatic heterocycles. The number of thiophene rings is 1. The molecule has 0 fully saturated rings. The lowest BCUT2D eigenvalue weighted by Crippen LogP contribution is -2.23. The minimum atomic E-state index is -0.219. The predicted octanol–water partition coefficient (Wildman–Crippen LogP) is 2.64. The summed E-state index contributed by atoms with van der Waals surface area (Å²) in [5, 5.41) is 11.7. The third-order valence-corrected chi connectivity index (χ3v) is 3.94. The van der Waals surface area contributed by atoms with Gasteiger partial charge in [0, 0.05) is 15.3 Å². The number of aryl methyl sites for hydroxylation is 2. The molecule has 0 unspecified atom stereocenters. The average molecular weight is 299 g/mol. The molecule has 2 aromatic rings. The van der Waals surface area contributed by atoms with Crippen molar-refractivity contribution in [2.45, 2.75) is 20.4 Å². The van der Waals surface area contributed by atoms with E-state index in [0.29, 0.717) is 17.7 Å². The van der Waals surface area contributed by atoms with Gasteiger partial charge in [0.15, 0.2) is 0 Å². The van der Waals surface area contributed by atoms with Crippen molar-refractivity contribution >= 4 is 17.2 Å². The van der Waals surface area contributed by atoms with Crippen molar-refractivity contribution < 1.29 is 9.90 Å². The highest BCUT2D eigenvalue weighted by Gasteiger charge is 2.10. The molecular weight excluding hydrogens is 282 g/mol. The summed E-state index contributed by atoms with van der Waals surface area (Å²) in [5.74, 6) is 5.27. The first-order chi connectivity index (χ1) is 10.1. The molecule has 0 atom stereocenters. The maximum absolute atomic E-state index is 12.3. The van der Waals surface area contributed by atoms with Gasteiger partial charge in [-0.3, -0.25) is 4.79 Å². The second-order valence-electron chi connectivity index (χ2n) is 4.70. The van der Waals surface area contributed by atoms with E-state index >= 15 is 0 Å². The molecule has 2 N–H and O–H groups in total. The first-order valence-electron chi connectivity index (χ1n) is 6.64. The number of aliphatic hydroxyl groups excluding tert-OH is 1. The van der Waals surface area contributed by atoms with Crippen molar-refractivity contribution in [3.05, 3.63) is 56.8 Å². The molecule has 3 nitrogen and oxygen atoms in total. The summed E-state index contributed by atoms with van der Waals surface area (Å²) in [6.45, 7) is 4.28. The minimum Gasteiger partial charge on any atom is -0.384 e. The number of nitrogens with one attached hydrogen (secondary N) is 1. The Morgan fingerprint density at radius 3 is 2.76 bits per heavy atom. The molecule has 1 heterocycles. The van der Waals surface area contributed by atoms with Gasteiger partial charge in [-0.15, -0.1) is 11.3 Å². The van der Waals surface area contributed by atoms with Crippen molar-refractivity contribution in [1.29, 1.82) is 0 Å². The van der Waals surface area contributed by atoms with Gasteiger partial charge in [0.2, 0.25) is 0 Å². The normalized spacial score (nSPS) is 9.86. The molecule has 108 valence electrons. The van der Waals surface area contributed by atoms with Crippen LogP contribution in [-0.4, -0.2) is 17.6 Å². The number of carbonyl (C=O) groups excluding carboxylic acids is 1. The van der Waals surface area contributed by atoms with Crippen LogP contribution in [0.2, 0.25) is 0 Å². The fourth-order valence-corrected chi connectivity index (χ4v) is 2.77. The van der Waals surface area contributed by atoms with Crippen LogP contribution in [0.4, 0.5) is 0 Å². The summed E-state index contributed by atoms with van der Waals surface area (Å²) in [5.41, 5.74) is 2.21. The van der Waals surface area contributed by atoms with Crippen molar-refractivity contribution in [1.82, 2.24) is 5.32 Å². The molecule has 4 heteroatoms. The molecule has 0 spiro atoms. The fourth-order valence-electron chi connectivity index (χ4n) is 1.94. The lowest BCUT2D eigenvalue weighted by molar-refractivity contribution is 0.0951. The molecule has 0 saturated heterocycles. The van der Waals surface area contributed by atoms with E-state index in [-0.39, 0.29) is 12.5 Å². The summed E-state index contributed by atoms with van der Waals surface area (Å²) < 4.78 is 0. The van der Waals surface area contributed by atoms with Gasteiger partial charge in [0.05, 0.1) is 12.1 Å². The average Bonchev–Trinajstić information content (AvgIpc) is 2.88. The van der Waals surface area contributed by atoms with Crippen molar-refractivity contribution in [2.24, 2.45) is 0 Å². The summed E-state index contributed by atoms with van der Waals surface area (Å²) >= 11 is 1.67. The zero-order valence-electron chi connectivity index (χ0n) is 12.1. The van der Waals surface area contributed by atoms with Crippen LogP contribution in [0.1, 0.15) is 31.2 Å². The maximum atomic E-state index is 12.3. The van der Waals surface area contributed by atoms with Crippen molar-refractivity contribution in [2.75, 3.05) is 6.61 Å². The third-order valence-electron chi connectivity index (χ3n) is 2.94. The van der Waals surface area contributed by atoms with Gasteiger partial charge < -0.3 is 10.4 Å². The number of aliphatic hydroxyl groups is 1. The fraction of sp³-hybridized carbons (Fsp3) is 0.235. The molecule has 0 radical (unpaired) electrons. The van der Waals surface area contributed by atoms with Gasteiger partial charge in [-0.25, -0.2) is 0 Å². The van der Waals surface area contributed by atoms with Crippen molar-refractivity contribution in [3.63, 3.8) is 0 Å². The van der Waals surface area contributed by atoms with Gasteiger partial charge in [0.25, 0.3) is 5.91 Å². The molecule has 1 aromatic heterocycles. The second-order valence-corrected chi connectivity index (χ2v) is 6.08. The lowest BCUT2D eigenvalue weighted by atomic mass is 10.0. The van der Waals surface area contributed by atoms with E-state index in [4.69, 9.17) is 5.11 Å². The molecule has 1 aromatic carbocycles. The summed E-state index contributed by atoms with van der Waals surface area (Å²) in [7, 11) is 0. The zero-order valence-corrected chi connectivity index (χ0v) is 12.9. The summed E-state index contributed by atoms with van der Waals surface area (Å²) in [4.78, 5) is 14.6. The van der Waals surface area contributed by atoms with Crippen LogP contribution in [0.5, 0.6) is 0 Å². The van der Waals surface area contributed by atoms with Crippen LogP contribution in [0.3, 0.4) is 0 Å². The Balaban J connectivity index is 2.14. The van der Waals surface area contributed by atoms with Crippen LogP contribution >= 0.6 is 11.3 Å². The van der Waals surface area contributed by atoms with E-state index in [0.717, 1.165) is 10.4 Å². The molecular formula is C17H17NO2S. The highest BCUT2D eigenvalue weighted by Crippen LogP contribution is 2.15. The van der Waals surface area contributed by atoms with Crippen LogP contribution in [0, 0.1) is 25.7 Å². The van der Waals surface area contributed by atoms with Gasteiger partial charge in [-0.2, -0.15) is 0 Å². The first-order valence-corrected chi connectivity index (χ1v) is 7.45. The predicted molar refractivity (Wildman–Crippen MR) is 85.4 cm³/mol. The van der Waals surface area contributed by atoms with Crippen LogP contribution in [-0.2, 0) is 6.54 Å². The zero-order chi connectivity index (χ0) is 15.2. The number of amides is 1. The van der Waals surface area contributed by atoms with Crippen LogP contribution in [0.25, 0.3) is 0 Å². The van der Waals surface area contributed by atoms with Gasteiger partial charge in [-0.05, 0) is 43.7 Å². The maximum Gasteiger partial charge on any atom is 0.252 e. The molecule has 21 heavy (non-hydrogen) atoms. The third kappa shape index (κ3) is 4.19. The largest absolute Gasteiger partial charge is 0.384 e. The molecule has 0 aliphatic carbocycles. The summed E-state index contributed by atoms with van der Waals surface area (Å²) in [6, 6.07) is 9.56. The Morgan fingerprint density at radius 2 is 2.10 bits per heavy atom. The molecule has 1 amide bonds. The van der Waals surface area contributed by atoms with Crippen molar-refractivity contribution in [3.8, 4) is 11.8 Å². The molecule has 0 aliphatic rings. The van der Waals surface area contributed by atoms with E-state index in [9.17, 15) is 4.79 Å². The second kappa shape index (κ2) is 7.07. The Hall–Kier alpha value is -2.09. The Labute approximate surface area is 128 Å². The number of hydrogen-bond donors (Lipinski definition) is 2. The molecule has 0 saturated carbocycles. The van der Waals surface area contributed by atoms with Crippen LogP contribution < -0.4 is 5.32 Å². The van der Waals surface area contributed by atoms with E-state index in [1.165, 1.54) is 4.88 Å². The number of rotatable bonds is 3. The van der Waals surface area contributed by atoms with Crippen LogP contribution in [0.15, 0.2) is 30.3 Å². The Morgan fingerprint density at radius 1 is 1.29 bits per heavy atom. The smallest absolute Gasteiger partial charge is 0.252 e. The highest BCUT2D eigenvalue weighted by atomic mass is 32.1. The Bertz CT molecular complexity index is 707.